The van der Waals surface area contributed by atoms with Gasteiger partial charge in [-0.1, -0.05) is 19.9 Å². The summed E-state index contributed by atoms with van der Waals surface area (Å²) in [6.45, 7) is 5.32. The lowest BCUT2D eigenvalue weighted by molar-refractivity contribution is -0.155. The number of rotatable bonds is 7. The highest BCUT2D eigenvalue weighted by atomic mass is 16.5. The van der Waals surface area contributed by atoms with Crippen molar-refractivity contribution < 1.29 is 24.5 Å². The highest BCUT2D eigenvalue weighted by Crippen LogP contribution is 2.14. The average Bonchev–Trinajstić information content (AvgIpc) is 2.42. The second-order valence-electron chi connectivity index (χ2n) is 5.49. The third-order valence-electron chi connectivity index (χ3n) is 2.73. The van der Waals surface area contributed by atoms with Crippen LogP contribution in [0.3, 0.4) is 0 Å². The van der Waals surface area contributed by atoms with E-state index < -0.39 is 17.5 Å². The molecule has 1 unspecified atom stereocenters. The van der Waals surface area contributed by atoms with Crippen LogP contribution in [0.4, 0.5) is 0 Å². The van der Waals surface area contributed by atoms with Gasteiger partial charge >= 0.3 is 5.97 Å². The number of amides is 1. The number of benzene rings is 1. The van der Waals surface area contributed by atoms with Gasteiger partial charge in [0.25, 0.3) is 5.91 Å². The van der Waals surface area contributed by atoms with Crippen LogP contribution in [0.15, 0.2) is 24.3 Å². The van der Waals surface area contributed by atoms with Crippen LogP contribution in [0, 0.1) is 5.92 Å². The summed E-state index contributed by atoms with van der Waals surface area (Å²) in [6.07, 6.45) is 0. The summed E-state index contributed by atoms with van der Waals surface area (Å²) in [7, 11) is 0. The van der Waals surface area contributed by atoms with Gasteiger partial charge in [-0.05, 0) is 31.0 Å². The minimum absolute atomic E-state index is 0.345. The predicted molar refractivity (Wildman–Crippen MR) is 77.4 cm³/mol. The maximum absolute atomic E-state index is 11.9. The Morgan fingerprint density at radius 2 is 2.05 bits per heavy atom. The lowest BCUT2D eigenvalue weighted by Gasteiger charge is -2.18. The molecule has 21 heavy (non-hydrogen) atoms. The van der Waals surface area contributed by atoms with Crippen LogP contribution in [0.1, 0.15) is 31.1 Å². The Hall–Kier alpha value is -2.08. The number of aliphatic carboxylic acids is 1. The summed E-state index contributed by atoms with van der Waals surface area (Å²) in [5.41, 5.74) is -1.65. The molecule has 6 nitrogen and oxygen atoms in total. The Morgan fingerprint density at radius 3 is 2.62 bits per heavy atom. The van der Waals surface area contributed by atoms with Crippen molar-refractivity contribution in [3.05, 3.63) is 29.8 Å². The first kappa shape index (κ1) is 17.0. The molecule has 1 amide bonds. The van der Waals surface area contributed by atoms with Crippen molar-refractivity contribution in [3.63, 3.8) is 0 Å². The quantitative estimate of drug-likeness (QED) is 0.704. The number of carboxylic acid groups (broad SMARTS) is 1. The number of ether oxygens (including phenoxy) is 1. The normalized spacial score (nSPS) is 13.6. The van der Waals surface area contributed by atoms with Gasteiger partial charge < -0.3 is 20.3 Å². The standard InChI is InChI=1S/C15H21NO5/c1-10(2)8-21-12-6-4-5-11(7-12)13(17)16-9-15(3,20)14(18)19/h4-7,10,20H,8-9H2,1-3H3,(H,16,17)(H,18,19). The summed E-state index contributed by atoms with van der Waals surface area (Å²) >= 11 is 0. The molecule has 0 aliphatic rings. The fraction of sp³-hybridized carbons (Fsp3) is 0.467. The maximum atomic E-state index is 11.9. The van der Waals surface area contributed by atoms with Gasteiger partial charge in [0.1, 0.15) is 5.75 Å². The van der Waals surface area contributed by atoms with Crippen LogP contribution >= 0.6 is 0 Å². The van der Waals surface area contributed by atoms with Gasteiger partial charge in [0, 0.05) is 5.56 Å². The molecule has 6 heteroatoms. The molecular weight excluding hydrogens is 274 g/mol. The van der Waals surface area contributed by atoms with E-state index in [-0.39, 0.29) is 6.54 Å². The minimum atomic E-state index is -2.00. The summed E-state index contributed by atoms with van der Waals surface area (Å²) in [4.78, 5) is 22.7. The number of carboxylic acids is 1. The van der Waals surface area contributed by atoms with Crippen molar-refractivity contribution >= 4 is 11.9 Å². The number of hydrogen-bond acceptors (Lipinski definition) is 4. The Balaban J connectivity index is 2.66. The van der Waals surface area contributed by atoms with Crippen LogP contribution < -0.4 is 10.1 Å². The topological polar surface area (TPSA) is 95.9 Å². The third kappa shape index (κ3) is 5.43. The van der Waals surface area contributed by atoms with Gasteiger partial charge in [-0.3, -0.25) is 4.79 Å². The van der Waals surface area contributed by atoms with Gasteiger partial charge in [-0.25, -0.2) is 4.79 Å². The predicted octanol–water partition coefficient (Wildman–Crippen LogP) is 1.29. The largest absolute Gasteiger partial charge is 0.493 e. The summed E-state index contributed by atoms with van der Waals surface area (Å²) in [6, 6.07) is 6.59. The van der Waals surface area contributed by atoms with E-state index in [4.69, 9.17) is 9.84 Å². The molecule has 0 radical (unpaired) electrons. The lowest BCUT2D eigenvalue weighted by Crippen LogP contribution is -2.46. The van der Waals surface area contributed by atoms with Crippen LogP contribution in [0.5, 0.6) is 5.75 Å². The van der Waals surface area contributed by atoms with E-state index in [1.165, 1.54) is 0 Å². The second kappa shape index (κ2) is 7.08. The Morgan fingerprint density at radius 1 is 1.38 bits per heavy atom. The number of hydrogen-bond donors (Lipinski definition) is 3. The molecule has 0 saturated heterocycles. The van der Waals surface area contributed by atoms with E-state index in [2.05, 4.69) is 5.32 Å². The van der Waals surface area contributed by atoms with Crippen LogP contribution in [-0.2, 0) is 4.79 Å². The molecular formula is C15H21NO5. The van der Waals surface area contributed by atoms with E-state index in [0.29, 0.717) is 23.8 Å². The highest BCUT2D eigenvalue weighted by Gasteiger charge is 2.30. The van der Waals surface area contributed by atoms with E-state index in [1.807, 2.05) is 13.8 Å². The maximum Gasteiger partial charge on any atom is 0.337 e. The first-order chi connectivity index (χ1) is 9.72. The van der Waals surface area contributed by atoms with E-state index in [1.54, 1.807) is 24.3 Å². The Labute approximate surface area is 123 Å². The first-order valence-electron chi connectivity index (χ1n) is 6.69. The lowest BCUT2D eigenvalue weighted by atomic mass is 10.1. The zero-order chi connectivity index (χ0) is 16.0. The molecule has 0 heterocycles. The molecule has 116 valence electrons. The van der Waals surface area contributed by atoms with Crippen LogP contribution in [0.25, 0.3) is 0 Å². The number of nitrogens with one attached hydrogen (secondary N) is 1. The summed E-state index contributed by atoms with van der Waals surface area (Å²) < 4.78 is 5.52. The zero-order valence-electron chi connectivity index (χ0n) is 12.4. The molecule has 3 N–H and O–H groups in total. The fourth-order valence-electron chi connectivity index (χ4n) is 1.42. The molecule has 0 aliphatic heterocycles. The van der Waals surface area contributed by atoms with Gasteiger partial charge in [-0.2, -0.15) is 0 Å². The molecule has 1 aromatic rings. The number of carbonyl (C=O) groups is 2. The third-order valence-corrected chi connectivity index (χ3v) is 2.73. The SMILES string of the molecule is CC(C)COc1cccc(C(=O)NCC(C)(O)C(=O)O)c1. The first-order valence-corrected chi connectivity index (χ1v) is 6.69. The minimum Gasteiger partial charge on any atom is -0.493 e. The van der Waals surface area contributed by atoms with E-state index >= 15 is 0 Å². The number of carbonyl (C=O) groups excluding carboxylic acids is 1. The van der Waals surface area contributed by atoms with Crippen molar-refractivity contribution in [1.29, 1.82) is 0 Å². The van der Waals surface area contributed by atoms with Crippen LogP contribution in [-0.4, -0.2) is 40.8 Å². The molecule has 0 fully saturated rings. The fourth-order valence-corrected chi connectivity index (χ4v) is 1.42. The van der Waals surface area contributed by atoms with E-state index in [0.717, 1.165) is 6.92 Å². The van der Waals surface area contributed by atoms with Crippen molar-refractivity contribution in [3.8, 4) is 5.75 Å². The van der Waals surface area contributed by atoms with Gasteiger partial charge in [-0.15, -0.1) is 0 Å². The number of aliphatic hydroxyl groups is 1. The molecule has 1 atom stereocenters. The zero-order valence-corrected chi connectivity index (χ0v) is 12.4. The average molecular weight is 295 g/mol. The molecule has 1 rings (SSSR count). The molecule has 0 aromatic heterocycles. The molecule has 0 spiro atoms. The van der Waals surface area contributed by atoms with Gasteiger partial charge in [0.2, 0.25) is 0 Å². The van der Waals surface area contributed by atoms with Crippen molar-refractivity contribution in [2.75, 3.05) is 13.2 Å². The second-order valence-corrected chi connectivity index (χ2v) is 5.49. The monoisotopic (exact) mass is 295 g/mol. The Bertz CT molecular complexity index is 511. The van der Waals surface area contributed by atoms with E-state index in [9.17, 15) is 14.7 Å². The smallest absolute Gasteiger partial charge is 0.337 e. The van der Waals surface area contributed by atoms with Crippen molar-refractivity contribution in [2.24, 2.45) is 5.92 Å². The molecule has 1 aromatic carbocycles. The Kier molecular flexibility index (Phi) is 5.72. The highest BCUT2D eigenvalue weighted by molar-refractivity contribution is 5.95. The van der Waals surface area contributed by atoms with Crippen molar-refractivity contribution in [2.45, 2.75) is 26.4 Å². The van der Waals surface area contributed by atoms with Gasteiger partial charge in [0.15, 0.2) is 5.60 Å². The van der Waals surface area contributed by atoms with Crippen LogP contribution in [0.2, 0.25) is 0 Å². The van der Waals surface area contributed by atoms with Gasteiger partial charge in [0.05, 0.1) is 13.2 Å². The molecule has 0 aliphatic carbocycles. The summed E-state index contributed by atoms with van der Waals surface area (Å²) in [5.74, 6) is -0.919. The molecule has 0 saturated carbocycles. The molecule has 0 bridgehead atoms. The van der Waals surface area contributed by atoms with Crippen molar-refractivity contribution in [1.82, 2.24) is 5.32 Å². The summed E-state index contributed by atoms with van der Waals surface area (Å²) in [5, 5.41) is 20.7.